The predicted molar refractivity (Wildman–Crippen MR) is 104 cm³/mol. The van der Waals surface area contributed by atoms with Crippen LogP contribution in [0.2, 0.25) is 0 Å². The zero-order valence-electron chi connectivity index (χ0n) is 15.0. The van der Waals surface area contributed by atoms with Crippen LogP contribution in [0.15, 0.2) is 47.6 Å². The minimum absolute atomic E-state index is 0.0404. The van der Waals surface area contributed by atoms with E-state index in [1.54, 1.807) is 23.7 Å². The summed E-state index contributed by atoms with van der Waals surface area (Å²) in [5.74, 6) is 0.647. The van der Waals surface area contributed by atoms with Gasteiger partial charge in [-0.3, -0.25) is 4.57 Å². The lowest BCUT2D eigenvalue weighted by atomic mass is 10.3. The molecule has 0 aliphatic rings. The van der Waals surface area contributed by atoms with Gasteiger partial charge in [0.25, 0.3) is 0 Å². The number of rotatable bonds is 7. The Morgan fingerprint density at radius 3 is 2.70 bits per heavy atom. The van der Waals surface area contributed by atoms with Crippen LogP contribution >= 0.6 is 11.3 Å². The third kappa shape index (κ3) is 4.29. The Labute approximate surface area is 159 Å². The molecule has 0 aromatic carbocycles. The Bertz CT molecular complexity index is 987. The highest BCUT2D eigenvalue weighted by molar-refractivity contribution is 7.15. The molecule has 3 rings (SSSR count). The molecule has 0 atom stereocenters. The van der Waals surface area contributed by atoms with Gasteiger partial charge in [-0.25, -0.2) is 23.8 Å². The molecule has 3 aromatic heterocycles. The number of nitrogens with two attached hydrogens (primary N) is 1. The molecule has 0 aliphatic carbocycles. The topological polar surface area (TPSA) is 94.9 Å². The molecule has 0 saturated heterocycles. The summed E-state index contributed by atoms with van der Waals surface area (Å²) in [7, 11) is 3.77. The molecule has 0 bridgehead atoms. The fourth-order valence-corrected chi connectivity index (χ4v) is 3.37. The van der Waals surface area contributed by atoms with Gasteiger partial charge in [-0.2, -0.15) is 5.10 Å². The molecule has 0 radical (unpaired) electrons. The normalized spacial score (nSPS) is 11.8. The van der Waals surface area contributed by atoms with E-state index in [0.29, 0.717) is 24.4 Å². The van der Waals surface area contributed by atoms with Crippen molar-refractivity contribution in [3.63, 3.8) is 0 Å². The summed E-state index contributed by atoms with van der Waals surface area (Å²) < 4.78 is 15.3. The Hall–Kier alpha value is -2.85. The van der Waals surface area contributed by atoms with Crippen LogP contribution in [0.1, 0.15) is 4.88 Å². The van der Waals surface area contributed by atoms with Gasteiger partial charge < -0.3 is 10.6 Å². The van der Waals surface area contributed by atoms with Crippen LogP contribution < -0.4 is 16.3 Å². The van der Waals surface area contributed by atoms with E-state index in [1.165, 1.54) is 15.6 Å². The number of thiophene rings is 1. The van der Waals surface area contributed by atoms with Gasteiger partial charge in [0, 0.05) is 48.4 Å². The minimum Gasteiger partial charge on any atom is -0.347 e. The van der Waals surface area contributed by atoms with Crippen molar-refractivity contribution in [1.82, 2.24) is 24.3 Å². The molecule has 142 valence electrons. The van der Waals surface area contributed by atoms with E-state index in [-0.39, 0.29) is 18.8 Å². The van der Waals surface area contributed by atoms with E-state index in [0.717, 1.165) is 15.3 Å². The fraction of sp³-hybridized carbons (Fsp3) is 0.294. The van der Waals surface area contributed by atoms with Crippen molar-refractivity contribution in [3.05, 3.63) is 58.1 Å². The molecule has 0 fully saturated rings. The molecule has 3 heterocycles. The van der Waals surface area contributed by atoms with Crippen molar-refractivity contribution in [2.75, 3.05) is 25.5 Å². The van der Waals surface area contributed by atoms with E-state index in [9.17, 15) is 9.18 Å². The maximum atomic E-state index is 12.7. The van der Waals surface area contributed by atoms with Crippen molar-refractivity contribution in [2.24, 2.45) is 5.73 Å². The third-order valence-corrected chi connectivity index (χ3v) is 5.00. The van der Waals surface area contributed by atoms with Crippen molar-refractivity contribution in [2.45, 2.75) is 13.1 Å². The van der Waals surface area contributed by atoms with Crippen LogP contribution in [0.4, 0.5) is 10.3 Å². The lowest BCUT2D eigenvalue weighted by molar-refractivity contribution is 0.604. The zero-order chi connectivity index (χ0) is 19.4. The van der Waals surface area contributed by atoms with Gasteiger partial charge in [0.2, 0.25) is 5.95 Å². The first-order valence-electron chi connectivity index (χ1n) is 8.20. The van der Waals surface area contributed by atoms with Gasteiger partial charge in [0.15, 0.2) is 0 Å². The van der Waals surface area contributed by atoms with Crippen molar-refractivity contribution < 1.29 is 4.39 Å². The first kappa shape index (κ1) is 18.9. The number of nitrogens with zero attached hydrogens (tertiary/aromatic N) is 6. The molecule has 2 N–H and O–H groups in total. The Morgan fingerprint density at radius 2 is 2.07 bits per heavy atom. The number of hydrogen-bond acceptors (Lipinski definition) is 7. The van der Waals surface area contributed by atoms with Gasteiger partial charge in [-0.15, -0.1) is 11.3 Å². The maximum absolute atomic E-state index is 12.7. The largest absolute Gasteiger partial charge is 0.347 e. The van der Waals surface area contributed by atoms with Crippen LogP contribution in [0.3, 0.4) is 0 Å². The summed E-state index contributed by atoms with van der Waals surface area (Å²) in [4.78, 5) is 24.8. The molecule has 0 spiro atoms. The molecule has 0 amide bonds. The Kier molecular flexibility index (Phi) is 5.77. The van der Waals surface area contributed by atoms with E-state index >= 15 is 0 Å². The molecule has 27 heavy (non-hydrogen) atoms. The highest BCUT2D eigenvalue weighted by Crippen LogP contribution is 2.27. The lowest BCUT2D eigenvalue weighted by Crippen LogP contribution is -2.26. The second-order valence-electron chi connectivity index (χ2n) is 6.10. The Morgan fingerprint density at radius 1 is 1.33 bits per heavy atom. The van der Waals surface area contributed by atoms with Crippen LogP contribution in [0.25, 0.3) is 10.4 Å². The fourth-order valence-electron chi connectivity index (χ4n) is 2.39. The molecule has 8 nitrogen and oxygen atoms in total. The van der Waals surface area contributed by atoms with E-state index < -0.39 is 0 Å². The zero-order valence-corrected chi connectivity index (χ0v) is 15.9. The number of halogens is 1. The van der Waals surface area contributed by atoms with Crippen LogP contribution in [0, 0.1) is 0 Å². The Balaban J connectivity index is 1.74. The molecule has 0 unspecified atom stereocenters. The van der Waals surface area contributed by atoms with Crippen LogP contribution in [0.5, 0.6) is 0 Å². The standard InChI is InChI=1S/C17H20FN7OS/c1-23(2)16-20-7-13(8-21-16)15-4-3-14(27-15)10-24-11-22-25(17(24)26)9-12(5-18)6-19/h3-5,7-8,11H,6,9-10,19H2,1-2H3/b12-5+. The summed E-state index contributed by atoms with van der Waals surface area (Å²) in [6.07, 6.45) is 5.42. The monoisotopic (exact) mass is 389 g/mol. The second-order valence-corrected chi connectivity index (χ2v) is 7.27. The number of aromatic nitrogens is 5. The SMILES string of the molecule is CN(C)c1ncc(-c2ccc(Cn3cnn(C/C(=C/F)CN)c3=O)s2)cn1. The average Bonchev–Trinajstić information content (AvgIpc) is 3.28. The third-order valence-electron chi connectivity index (χ3n) is 3.88. The summed E-state index contributed by atoms with van der Waals surface area (Å²) in [5, 5.41) is 4.02. The van der Waals surface area contributed by atoms with Gasteiger partial charge in [-0.1, -0.05) is 0 Å². The smallest absolute Gasteiger partial charge is 0.346 e. The van der Waals surface area contributed by atoms with Gasteiger partial charge in [-0.05, 0) is 17.7 Å². The predicted octanol–water partition coefficient (Wildman–Crippen LogP) is 1.49. The lowest BCUT2D eigenvalue weighted by Gasteiger charge is -2.09. The first-order chi connectivity index (χ1) is 13.0. The van der Waals surface area contributed by atoms with Crippen LogP contribution in [-0.4, -0.2) is 45.0 Å². The summed E-state index contributed by atoms with van der Waals surface area (Å²) in [5.41, 5.74) is 6.34. The molecule has 3 aromatic rings. The summed E-state index contributed by atoms with van der Waals surface area (Å²) in [6.45, 7) is 0.473. The average molecular weight is 389 g/mol. The van der Waals surface area contributed by atoms with Crippen molar-refractivity contribution in [3.8, 4) is 10.4 Å². The second kappa shape index (κ2) is 8.23. The van der Waals surface area contributed by atoms with Crippen molar-refractivity contribution in [1.29, 1.82) is 0 Å². The van der Waals surface area contributed by atoms with Gasteiger partial charge >= 0.3 is 5.69 Å². The maximum Gasteiger partial charge on any atom is 0.346 e. The summed E-state index contributed by atoms with van der Waals surface area (Å²) in [6, 6.07) is 3.93. The highest BCUT2D eigenvalue weighted by atomic mass is 32.1. The highest BCUT2D eigenvalue weighted by Gasteiger charge is 2.10. The molecule has 10 heteroatoms. The van der Waals surface area contributed by atoms with E-state index in [1.807, 2.05) is 31.1 Å². The van der Waals surface area contributed by atoms with Crippen molar-refractivity contribution >= 4 is 17.3 Å². The molecule has 0 saturated carbocycles. The van der Waals surface area contributed by atoms with Crippen LogP contribution in [-0.2, 0) is 13.1 Å². The number of anilines is 1. The summed E-state index contributed by atoms with van der Waals surface area (Å²) >= 11 is 1.55. The van der Waals surface area contributed by atoms with Gasteiger partial charge in [0.05, 0.1) is 19.4 Å². The minimum atomic E-state index is -0.309. The first-order valence-corrected chi connectivity index (χ1v) is 9.02. The molecular formula is C17H20FN7OS. The molecular weight excluding hydrogens is 369 g/mol. The number of hydrogen-bond donors (Lipinski definition) is 1. The van der Waals surface area contributed by atoms with E-state index in [4.69, 9.17) is 5.73 Å². The quantitative estimate of drug-likeness (QED) is 0.658. The van der Waals surface area contributed by atoms with Gasteiger partial charge in [0.1, 0.15) is 6.33 Å². The van der Waals surface area contributed by atoms with E-state index in [2.05, 4.69) is 15.1 Å². The molecule has 0 aliphatic heterocycles.